The van der Waals surface area contributed by atoms with Gasteiger partial charge in [0.15, 0.2) is 0 Å². The Morgan fingerprint density at radius 2 is 1.76 bits per heavy atom. The van der Waals surface area contributed by atoms with Gasteiger partial charge in [0.2, 0.25) is 10.0 Å². The predicted octanol–water partition coefficient (Wildman–Crippen LogP) is 4.10. The maximum Gasteiger partial charge on any atom is 0.242 e. The zero-order chi connectivity index (χ0) is 20.5. The summed E-state index contributed by atoms with van der Waals surface area (Å²) < 4.78 is 41.9. The fraction of sp³-hybridized carbons (Fsp3) is 0.238. The normalized spacial score (nSPS) is 12.4. The summed E-state index contributed by atoms with van der Waals surface area (Å²) in [6.07, 6.45) is 1.37. The second-order valence-electron chi connectivity index (χ2n) is 6.76. The van der Waals surface area contributed by atoms with Crippen LogP contribution in [0.5, 0.6) is 0 Å². The van der Waals surface area contributed by atoms with E-state index in [0.717, 1.165) is 27.7 Å². The standard InChI is InChI=1S/C21H24FN3O2S.ClH/c1-15-21(16-8-10-18(11-9-16)28(26,27)24(2)3)19-6-4-5-7-20(19)25(15)14-17(22)12-13-23;/h4-12H,13-14,23H2,1-3H3;1H/b17-12-;. The number of nitrogens with two attached hydrogens (primary N) is 1. The maximum atomic E-state index is 14.2. The van der Waals surface area contributed by atoms with Gasteiger partial charge in [0, 0.05) is 42.8 Å². The molecule has 0 fully saturated rings. The Morgan fingerprint density at radius 3 is 2.34 bits per heavy atom. The molecule has 2 aromatic carbocycles. The fourth-order valence-electron chi connectivity index (χ4n) is 3.35. The van der Waals surface area contributed by atoms with Crippen molar-refractivity contribution in [2.75, 3.05) is 20.6 Å². The minimum absolute atomic E-state index is 0. The molecule has 5 nitrogen and oxygen atoms in total. The summed E-state index contributed by atoms with van der Waals surface area (Å²) in [6, 6.07) is 14.6. The van der Waals surface area contributed by atoms with Gasteiger partial charge < -0.3 is 10.3 Å². The molecule has 0 saturated carbocycles. The summed E-state index contributed by atoms with van der Waals surface area (Å²) in [6.45, 7) is 2.20. The number of hydrogen-bond donors (Lipinski definition) is 1. The number of para-hydroxylation sites is 1. The van der Waals surface area contributed by atoms with Gasteiger partial charge in [-0.25, -0.2) is 17.1 Å². The summed E-state index contributed by atoms with van der Waals surface area (Å²) in [7, 11) is -0.477. The average molecular weight is 438 g/mol. The number of sulfonamides is 1. The van der Waals surface area contributed by atoms with Gasteiger partial charge in [0.05, 0.1) is 11.4 Å². The first-order chi connectivity index (χ1) is 13.3. The first kappa shape index (κ1) is 23.1. The molecule has 0 saturated heterocycles. The Labute approximate surface area is 177 Å². The molecule has 1 heterocycles. The van der Waals surface area contributed by atoms with Crippen molar-refractivity contribution in [1.29, 1.82) is 0 Å². The lowest BCUT2D eigenvalue weighted by Gasteiger charge is -2.12. The molecule has 1 aromatic heterocycles. The minimum atomic E-state index is -3.49. The van der Waals surface area contributed by atoms with E-state index in [0.29, 0.717) is 0 Å². The van der Waals surface area contributed by atoms with E-state index in [1.165, 1.54) is 24.5 Å². The van der Waals surface area contributed by atoms with Crippen LogP contribution in [-0.2, 0) is 16.6 Å². The first-order valence-corrected chi connectivity index (χ1v) is 10.4. The lowest BCUT2D eigenvalue weighted by Crippen LogP contribution is -2.22. The van der Waals surface area contributed by atoms with Crippen LogP contribution in [0.4, 0.5) is 4.39 Å². The van der Waals surface area contributed by atoms with E-state index in [4.69, 9.17) is 5.73 Å². The third kappa shape index (κ3) is 4.38. The molecule has 0 atom stereocenters. The summed E-state index contributed by atoms with van der Waals surface area (Å²) in [5, 5.41) is 0.990. The van der Waals surface area contributed by atoms with Gasteiger partial charge in [0.25, 0.3) is 0 Å². The third-order valence-corrected chi connectivity index (χ3v) is 6.63. The van der Waals surface area contributed by atoms with Crippen LogP contribution >= 0.6 is 12.4 Å². The molecule has 0 spiro atoms. The van der Waals surface area contributed by atoms with Crippen molar-refractivity contribution in [2.24, 2.45) is 5.73 Å². The van der Waals surface area contributed by atoms with Crippen molar-refractivity contribution < 1.29 is 12.8 Å². The van der Waals surface area contributed by atoms with Gasteiger partial charge in [-0.3, -0.25) is 0 Å². The average Bonchev–Trinajstić information content (AvgIpc) is 2.94. The summed E-state index contributed by atoms with van der Waals surface area (Å²) in [4.78, 5) is 0.236. The van der Waals surface area contributed by atoms with E-state index in [1.807, 2.05) is 35.8 Å². The molecule has 0 aliphatic carbocycles. The smallest absolute Gasteiger partial charge is 0.242 e. The van der Waals surface area contributed by atoms with Gasteiger partial charge in [-0.2, -0.15) is 0 Å². The van der Waals surface area contributed by atoms with E-state index >= 15 is 0 Å². The third-order valence-electron chi connectivity index (χ3n) is 4.80. The number of rotatable bonds is 6. The van der Waals surface area contributed by atoms with E-state index < -0.39 is 10.0 Å². The molecule has 29 heavy (non-hydrogen) atoms. The molecular formula is C21H25ClFN3O2S. The Hall–Kier alpha value is -2.19. The number of hydrogen-bond acceptors (Lipinski definition) is 3. The summed E-state index contributed by atoms with van der Waals surface area (Å²) in [5.74, 6) is -0.287. The summed E-state index contributed by atoms with van der Waals surface area (Å²) in [5.41, 5.74) is 9.09. The topological polar surface area (TPSA) is 68.3 Å². The van der Waals surface area contributed by atoms with Gasteiger partial charge in [-0.05, 0) is 36.8 Å². The van der Waals surface area contributed by atoms with Gasteiger partial charge in [0.1, 0.15) is 5.83 Å². The molecule has 8 heteroatoms. The molecule has 0 bridgehead atoms. The number of aromatic nitrogens is 1. The van der Waals surface area contributed by atoms with Crippen LogP contribution in [0.25, 0.3) is 22.0 Å². The zero-order valence-corrected chi connectivity index (χ0v) is 18.2. The fourth-order valence-corrected chi connectivity index (χ4v) is 4.25. The zero-order valence-electron chi connectivity index (χ0n) is 16.6. The SMILES string of the molecule is Cc1c(-c2ccc(S(=O)(=O)N(C)C)cc2)c2ccccc2n1C/C(F)=C/CN.Cl. The second-order valence-corrected chi connectivity index (χ2v) is 8.91. The number of halogens is 2. The molecule has 156 valence electrons. The molecule has 2 N–H and O–H groups in total. The van der Waals surface area contributed by atoms with Crippen LogP contribution in [0.15, 0.2) is 65.3 Å². The van der Waals surface area contributed by atoms with Gasteiger partial charge >= 0.3 is 0 Å². The molecule has 0 aliphatic rings. The molecule has 0 amide bonds. The van der Waals surface area contributed by atoms with E-state index in [2.05, 4.69) is 0 Å². The number of benzene rings is 2. The van der Waals surface area contributed by atoms with Crippen molar-refractivity contribution in [2.45, 2.75) is 18.4 Å². The Morgan fingerprint density at radius 1 is 1.14 bits per heavy atom. The molecule has 3 rings (SSSR count). The van der Waals surface area contributed by atoms with Crippen LogP contribution in [0.1, 0.15) is 5.69 Å². The monoisotopic (exact) mass is 437 g/mol. The maximum absolute atomic E-state index is 14.2. The Balaban J connectivity index is 0.00000300. The molecule has 3 aromatic rings. The minimum Gasteiger partial charge on any atom is -0.337 e. The predicted molar refractivity (Wildman–Crippen MR) is 118 cm³/mol. The van der Waals surface area contributed by atoms with E-state index in [1.54, 1.807) is 24.3 Å². The van der Waals surface area contributed by atoms with Crippen molar-refractivity contribution in [3.05, 3.63) is 66.1 Å². The highest BCUT2D eigenvalue weighted by Gasteiger charge is 2.19. The van der Waals surface area contributed by atoms with E-state index in [9.17, 15) is 12.8 Å². The highest BCUT2D eigenvalue weighted by Crippen LogP contribution is 2.35. The van der Waals surface area contributed by atoms with Gasteiger partial charge in [-0.1, -0.05) is 30.3 Å². The number of nitrogens with zero attached hydrogens (tertiary/aromatic N) is 2. The molecule has 0 unspecified atom stereocenters. The Kier molecular flexibility index (Phi) is 7.24. The lowest BCUT2D eigenvalue weighted by molar-refractivity contribution is 0.521. The lowest BCUT2D eigenvalue weighted by atomic mass is 10.0. The van der Waals surface area contributed by atoms with Crippen molar-refractivity contribution >= 4 is 33.3 Å². The van der Waals surface area contributed by atoms with Crippen molar-refractivity contribution in [3.63, 3.8) is 0 Å². The molecular weight excluding hydrogens is 413 g/mol. The molecule has 0 radical (unpaired) electrons. The highest BCUT2D eigenvalue weighted by molar-refractivity contribution is 7.89. The van der Waals surface area contributed by atoms with Crippen LogP contribution in [0.3, 0.4) is 0 Å². The van der Waals surface area contributed by atoms with Crippen molar-refractivity contribution in [3.8, 4) is 11.1 Å². The van der Waals surface area contributed by atoms with Crippen LogP contribution in [0, 0.1) is 6.92 Å². The first-order valence-electron chi connectivity index (χ1n) is 8.92. The van der Waals surface area contributed by atoms with E-state index in [-0.39, 0.29) is 36.2 Å². The van der Waals surface area contributed by atoms with Crippen LogP contribution in [-0.4, -0.2) is 37.9 Å². The number of fused-ring (bicyclic) bond motifs is 1. The van der Waals surface area contributed by atoms with Gasteiger partial charge in [-0.15, -0.1) is 12.4 Å². The van der Waals surface area contributed by atoms with Crippen LogP contribution in [0.2, 0.25) is 0 Å². The van der Waals surface area contributed by atoms with Crippen LogP contribution < -0.4 is 5.73 Å². The highest BCUT2D eigenvalue weighted by atomic mass is 35.5. The second kappa shape index (κ2) is 9.09. The number of allylic oxidation sites excluding steroid dienone is 1. The molecule has 0 aliphatic heterocycles. The van der Waals surface area contributed by atoms with Crippen molar-refractivity contribution in [1.82, 2.24) is 8.87 Å². The largest absolute Gasteiger partial charge is 0.337 e. The quantitative estimate of drug-likeness (QED) is 0.631. The Bertz CT molecular complexity index is 1140. The summed E-state index contributed by atoms with van der Waals surface area (Å²) >= 11 is 0.